The van der Waals surface area contributed by atoms with Crippen molar-refractivity contribution in [1.29, 1.82) is 0 Å². The quantitative estimate of drug-likeness (QED) is 0.751. The normalized spacial score (nSPS) is 15.7. The number of hydrogen-bond donors (Lipinski definition) is 0. The van der Waals surface area contributed by atoms with Gasteiger partial charge in [0.15, 0.2) is 11.5 Å². The van der Waals surface area contributed by atoms with Gasteiger partial charge >= 0.3 is 0 Å². The highest BCUT2D eigenvalue weighted by Crippen LogP contribution is 2.36. The SMILES string of the molecule is CC(C)C(CC=O)c1ccc2c(c1)OCCO2. The Labute approximate surface area is 102 Å². The average Bonchev–Trinajstić information content (AvgIpc) is 2.35. The first-order valence-corrected chi connectivity index (χ1v) is 6.05. The lowest BCUT2D eigenvalue weighted by Crippen LogP contribution is -2.16. The monoisotopic (exact) mass is 234 g/mol. The second kappa shape index (κ2) is 5.21. The van der Waals surface area contributed by atoms with Crippen molar-refractivity contribution in [3.63, 3.8) is 0 Å². The van der Waals surface area contributed by atoms with Gasteiger partial charge < -0.3 is 14.3 Å². The van der Waals surface area contributed by atoms with Gasteiger partial charge in [-0.15, -0.1) is 0 Å². The first-order valence-electron chi connectivity index (χ1n) is 6.05. The summed E-state index contributed by atoms with van der Waals surface area (Å²) in [6, 6.07) is 5.97. The lowest BCUT2D eigenvalue weighted by molar-refractivity contribution is -0.108. The third-order valence-corrected chi connectivity index (χ3v) is 3.15. The summed E-state index contributed by atoms with van der Waals surface area (Å²) in [5.41, 5.74) is 1.15. The fraction of sp³-hybridized carbons (Fsp3) is 0.500. The smallest absolute Gasteiger partial charge is 0.161 e. The topological polar surface area (TPSA) is 35.5 Å². The molecule has 1 unspecified atom stereocenters. The molecule has 3 nitrogen and oxygen atoms in total. The van der Waals surface area contributed by atoms with Crippen LogP contribution in [0.5, 0.6) is 11.5 Å². The molecular weight excluding hydrogens is 216 g/mol. The highest BCUT2D eigenvalue weighted by atomic mass is 16.6. The summed E-state index contributed by atoms with van der Waals surface area (Å²) in [7, 11) is 0. The number of ether oxygens (including phenoxy) is 2. The van der Waals surface area contributed by atoms with E-state index < -0.39 is 0 Å². The lowest BCUT2D eigenvalue weighted by Gasteiger charge is -2.23. The number of carbonyl (C=O) groups is 1. The minimum atomic E-state index is 0.253. The Morgan fingerprint density at radius 3 is 2.59 bits per heavy atom. The van der Waals surface area contributed by atoms with Crippen molar-refractivity contribution in [2.75, 3.05) is 13.2 Å². The summed E-state index contributed by atoms with van der Waals surface area (Å²) in [6.07, 6.45) is 1.54. The van der Waals surface area contributed by atoms with Crippen molar-refractivity contribution in [1.82, 2.24) is 0 Å². The maximum atomic E-state index is 10.7. The molecule has 0 N–H and O–H groups in total. The zero-order valence-electron chi connectivity index (χ0n) is 10.3. The van der Waals surface area contributed by atoms with Crippen LogP contribution >= 0.6 is 0 Å². The Kier molecular flexibility index (Phi) is 3.67. The summed E-state index contributed by atoms with van der Waals surface area (Å²) in [6.45, 7) is 5.46. The second-order valence-corrected chi connectivity index (χ2v) is 4.66. The van der Waals surface area contributed by atoms with Crippen LogP contribution in [0.15, 0.2) is 18.2 Å². The van der Waals surface area contributed by atoms with E-state index in [-0.39, 0.29) is 5.92 Å². The molecule has 0 saturated carbocycles. The molecule has 17 heavy (non-hydrogen) atoms. The molecule has 0 aromatic heterocycles. The van der Waals surface area contributed by atoms with Gasteiger partial charge in [0, 0.05) is 6.42 Å². The van der Waals surface area contributed by atoms with Gasteiger partial charge in [-0.25, -0.2) is 0 Å². The molecule has 1 aliphatic rings. The Bertz CT molecular complexity index is 398. The molecule has 0 spiro atoms. The van der Waals surface area contributed by atoms with Crippen LogP contribution < -0.4 is 9.47 Å². The maximum absolute atomic E-state index is 10.7. The maximum Gasteiger partial charge on any atom is 0.161 e. The van der Waals surface area contributed by atoms with Crippen LogP contribution in [0.1, 0.15) is 31.7 Å². The van der Waals surface area contributed by atoms with Gasteiger partial charge in [-0.05, 0) is 29.5 Å². The Morgan fingerprint density at radius 1 is 1.24 bits per heavy atom. The molecule has 92 valence electrons. The molecule has 0 radical (unpaired) electrons. The van der Waals surface area contributed by atoms with Crippen LogP contribution in [0, 0.1) is 5.92 Å². The van der Waals surface area contributed by atoms with Crippen molar-refractivity contribution in [3.8, 4) is 11.5 Å². The summed E-state index contributed by atoms with van der Waals surface area (Å²) < 4.78 is 11.0. The van der Waals surface area contributed by atoms with Crippen LogP contribution in [0.2, 0.25) is 0 Å². The number of rotatable bonds is 4. The number of hydrogen-bond acceptors (Lipinski definition) is 3. The van der Waals surface area contributed by atoms with Crippen LogP contribution in [-0.2, 0) is 4.79 Å². The van der Waals surface area contributed by atoms with Gasteiger partial charge in [-0.3, -0.25) is 0 Å². The third kappa shape index (κ3) is 2.60. The minimum absolute atomic E-state index is 0.253. The van der Waals surface area contributed by atoms with Crippen LogP contribution in [0.3, 0.4) is 0 Å². The molecule has 0 aliphatic carbocycles. The molecule has 0 saturated heterocycles. The van der Waals surface area contributed by atoms with Gasteiger partial charge in [0.1, 0.15) is 19.5 Å². The van der Waals surface area contributed by atoms with Gasteiger partial charge in [0.2, 0.25) is 0 Å². The van der Waals surface area contributed by atoms with E-state index in [4.69, 9.17) is 9.47 Å². The molecule has 1 heterocycles. The number of fused-ring (bicyclic) bond motifs is 1. The van der Waals surface area contributed by atoms with Crippen molar-refractivity contribution in [3.05, 3.63) is 23.8 Å². The first-order chi connectivity index (χ1) is 8.22. The van der Waals surface area contributed by atoms with Crippen LogP contribution in [-0.4, -0.2) is 19.5 Å². The standard InChI is InChI=1S/C14H18O3/c1-10(2)12(5-6-15)11-3-4-13-14(9-11)17-8-7-16-13/h3-4,6,9-10,12H,5,7-8H2,1-2H3. The van der Waals surface area contributed by atoms with Gasteiger partial charge in [0.05, 0.1) is 0 Å². The molecule has 1 aromatic carbocycles. The van der Waals surface area contributed by atoms with Crippen molar-refractivity contribution < 1.29 is 14.3 Å². The minimum Gasteiger partial charge on any atom is -0.486 e. The van der Waals surface area contributed by atoms with E-state index in [1.54, 1.807) is 0 Å². The van der Waals surface area contributed by atoms with Crippen LogP contribution in [0.4, 0.5) is 0 Å². The van der Waals surface area contributed by atoms with E-state index >= 15 is 0 Å². The van der Waals surface area contributed by atoms with E-state index in [0.717, 1.165) is 23.3 Å². The summed E-state index contributed by atoms with van der Waals surface area (Å²) in [5, 5.41) is 0. The molecule has 0 fully saturated rings. The zero-order chi connectivity index (χ0) is 12.3. The molecule has 1 aromatic rings. The van der Waals surface area contributed by atoms with Gasteiger partial charge in [-0.2, -0.15) is 0 Å². The summed E-state index contributed by atoms with van der Waals surface area (Å²) >= 11 is 0. The molecule has 1 atom stereocenters. The van der Waals surface area contributed by atoms with E-state index in [1.807, 2.05) is 18.2 Å². The number of aldehydes is 1. The summed E-state index contributed by atoms with van der Waals surface area (Å²) in [5.74, 6) is 2.28. The average molecular weight is 234 g/mol. The highest BCUT2D eigenvalue weighted by Gasteiger charge is 2.19. The lowest BCUT2D eigenvalue weighted by atomic mass is 9.86. The first kappa shape index (κ1) is 12.0. The molecule has 2 rings (SSSR count). The van der Waals surface area contributed by atoms with E-state index in [2.05, 4.69) is 13.8 Å². The zero-order valence-corrected chi connectivity index (χ0v) is 10.3. The van der Waals surface area contributed by atoms with E-state index in [0.29, 0.717) is 25.6 Å². The second-order valence-electron chi connectivity index (χ2n) is 4.66. The molecule has 0 bridgehead atoms. The fourth-order valence-electron chi connectivity index (χ4n) is 2.19. The fourth-order valence-corrected chi connectivity index (χ4v) is 2.19. The largest absolute Gasteiger partial charge is 0.486 e. The molecule has 1 aliphatic heterocycles. The Hall–Kier alpha value is -1.51. The van der Waals surface area contributed by atoms with E-state index in [9.17, 15) is 4.79 Å². The Balaban J connectivity index is 2.28. The third-order valence-electron chi connectivity index (χ3n) is 3.15. The van der Waals surface area contributed by atoms with E-state index in [1.165, 1.54) is 0 Å². The Morgan fingerprint density at radius 2 is 1.94 bits per heavy atom. The van der Waals surface area contributed by atoms with Crippen molar-refractivity contribution in [2.45, 2.75) is 26.2 Å². The molecule has 0 amide bonds. The predicted molar refractivity (Wildman–Crippen MR) is 65.7 cm³/mol. The van der Waals surface area contributed by atoms with Crippen LogP contribution in [0.25, 0.3) is 0 Å². The molecule has 3 heteroatoms. The van der Waals surface area contributed by atoms with Gasteiger partial charge in [-0.1, -0.05) is 19.9 Å². The summed E-state index contributed by atoms with van der Waals surface area (Å²) in [4.78, 5) is 10.7. The van der Waals surface area contributed by atoms with Crippen molar-refractivity contribution >= 4 is 6.29 Å². The highest BCUT2D eigenvalue weighted by molar-refractivity contribution is 5.53. The molecular formula is C14H18O3. The number of carbonyl (C=O) groups excluding carboxylic acids is 1. The van der Waals surface area contributed by atoms with Crippen molar-refractivity contribution in [2.24, 2.45) is 5.92 Å². The predicted octanol–water partition coefficient (Wildman–Crippen LogP) is 2.79. The van der Waals surface area contributed by atoms with Gasteiger partial charge in [0.25, 0.3) is 0 Å². The number of benzene rings is 1.